The highest BCUT2D eigenvalue weighted by atomic mass is 16.3. The summed E-state index contributed by atoms with van der Waals surface area (Å²) >= 11 is 0. The molecule has 3 heteroatoms. The molecule has 0 fully saturated rings. The van der Waals surface area contributed by atoms with Crippen LogP contribution in [0.15, 0.2) is 29.4 Å². The Labute approximate surface area is 65.4 Å². The first-order chi connectivity index (χ1) is 5.17. The Bertz CT molecular complexity index is 263. The predicted molar refractivity (Wildman–Crippen MR) is 43.0 cm³/mol. The summed E-state index contributed by atoms with van der Waals surface area (Å²) in [4.78, 5) is 6.03. The molecule has 0 bridgehead atoms. The highest BCUT2D eigenvalue weighted by Gasteiger charge is 2.31. The average Bonchev–Trinajstić information content (AvgIpc) is 2.21. The Morgan fingerprint density at radius 1 is 1.64 bits per heavy atom. The van der Waals surface area contributed by atoms with Crippen LogP contribution in [0.3, 0.4) is 0 Å². The molecule has 0 amide bonds. The van der Waals surface area contributed by atoms with Crippen LogP contribution in [0.2, 0.25) is 0 Å². The van der Waals surface area contributed by atoms with Gasteiger partial charge in [0.05, 0.1) is 6.54 Å². The summed E-state index contributed by atoms with van der Waals surface area (Å²) < 4.78 is 0. The van der Waals surface area contributed by atoms with Crippen molar-refractivity contribution in [2.24, 2.45) is 4.99 Å². The summed E-state index contributed by atoms with van der Waals surface area (Å²) in [6.45, 7) is 2.27. The summed E-state index contributed by atoms with van der Waals surface area (Å²) in [5.74, 6) is 0.845. The maximum atomic E-state index is 9.53. The summed E-state index contributed by atoms with van der Waals surface area (Å²) in [5.41, 5.74) is -0.908. The van der Waals surface area contributed by atoms with Gasteiger partial charge >= 0.3 is 0 Å². The van der Waals surface area contributed by atoms with Crippen LogP contribution in [0.1, 0.15) is 6.92 Å². The quantitative estimate of drug-likeness (QED) is 0.545. The van der Waals surface area contributed by atoms with Crippen LogP contribution < -0.4 is 0 Å². The van der Waals surface area contributed by atoms with Gasteiger partial charge in [0, 0.05) is 6.20 Å². The van der Waals surface area contributed by atoms with E-state index in [4.69, 9.17) is 0 Å². The van der Waals surface area contributed by atoms with E-state index in [2.05, 4.69) is 4.99 Å². The van der Waals surface area contributed by atoms with E-state index in [0.29, 0.717) is 6.54 Å². The molecular formula is C8H10N2O. The first-order valence-electron chi connectivity index (χ1n) is 3.61. The fourth-order valence-electron chi connectivity index (χ4n) is 1.31. The number of hydrogen-bond acceptors (Lipinski definition) is 3. The molecule has 11 heavy (non-hydrogen) atoms. The number of rotatable bonds is 0. The van der Waals surface area contributed by atoms with Crippen molar-refractivity contribution in [3.63, 3.8) is 0 Å². The third-order valence-corrected chi connectivity index (χ3v) is 1.74. The number of amidine groups is 1. The van der Waals surface area contributed by atoms with Crippen LogP contribution >= 0.6 is 0 Å². The summed E-state index contributed by atoms with van der Waals surface area (Å²) in [5, 5.41) is 9.53. The fourth-order valence-corrected chi connectivity index (χ4v) is 1.31. The Morgan fingerprint density at radius 3 is 3.18 bits per heavy atom. The van der Waals surface area contributed by atoms with E-state index in [9.17, 15) is 5.11 Å². The third kappa shape index (κ3) is 1.07. The molecule has 2 aliphatic heterocycles. The van der Waals surface area contributed by atoms with Crippen molar-refractivity contribution >= 4 is 5.84 Å². The van der Waals surface area contributed by atoms with E-state index in [1.165, 1.54) is 0 Å². The van der Waals surface area contributed by atoms with Crippen molar-refractivity contribution in [3.05, 3.63) is 24.4 Å². The second-order valence-electron chi connectivity index (χ2n) is 3.02. The Hall–Kier alpha value is -1.09. The summed E-state index contributed by atoms with van der Waals surface area (Å²) in [6, 6.07) is 0. The molecule has 2 heterocycles. The first kappa shape index (κ1) is 6.61. The monoisotopic (exact) mass is 150 g/mol. The lowest BCUT2D eigenvalue weighted by Crippen LogP contribution is -2.30. The van der Waals surface area contributed by atoms with E-state index in [1.807, 2.05) is 29.3 Å². The van der Waals surface area contributed by atoms with Crippen LogP contribution in [0.25, 0.3) is 0 Å². The highest BCUT2D eigenvalue weighted by molar-refractivity contribution is 5.96. The number of aliphatic imine (C=N–C) groups is 1. The van der Waals surface area contributed by atoms with Crippen molar-refractivity contribution in [3.8, 4) is 0 Å². The molecule has 0 saturated heterocycles. The minimum Gasteiger partial charge on any atom is -0.368 e. The zero-order valence-corrected chi connectivity index (χ0v) is 6.36. The number of nitrogens with zero attached hydrogens (tertiary/aromatic N) is 2. The minimum atomic E-state index is -0.908. The Kier molecular flexibility index (Phi) is 1.17. The summed E-state index contributed by atoms with van der Waals surface area (Å²) in [7, 11) is 0. The van der Waals surface area contributed by atoms with Gasteiger partial charge in [0.1, 0.15) is 5.84 Å². The average molecular weight is 150 g/mol. The van der Waals surface area contributed by atoms with Gasteiger partial charge in [0.25, 0.3) is 0 Å². The van der Waals surface area contributed by atoms with E-state index >= 15 is 0 Å². The third-order valence-electron chi connectivity index (χ3n) is 1.74. The van der Waals surface area contributed by atoms with Crippen molar-refractivity contribution < 1.29 is 5.11 Å². The van der Waals surface area contributed by atoms with Crippen molar-refractivity contribution in [1.82, 2.24) is 4.90 Å². The van der Waals surface area contributed by atoms with Gasteiger partial charge in [-0.1, -0.05) is 6.08 Å². The lowest BCUT2D eigenvalue weighted by atomic mass is 10.3. The van der Waals surface area contributed by atoms with Crippen molar-refractivity contribution in [2.45, 2.75) is 12.6 Å². The molecule has 0 aromatic heterocycles. The predicted octanol–water partition coefficient (Wildman–Crippen LogP) is 0.493. The largest absolute Gasteiger partial charge is 0.368 e. The molecule has 0 aromatic rings. The summed E-state index contributed by atoms with van der Waals surface area (Å²) in [6.07, 6.45) is 7.65. The second kappa shape index (κ2) is 1.95. The number of hydrogen-bond donors (Lipinski definition) is 1. The molecular weight excluding hydrogens is 140 g/mol. The van der Waals surface area contributed by atoms with Crippen molar-refractivity contribution in [1.29, 1.82) is 0 Å². The van der Waals surface area contributed by atoms with Gasteiger partial charge in [0.15, 0.2) is 5.72 Å². The minimum absolute atomic E-state index is 0.559. The van der Waals surface area contributed by atoms with Gasteiger partial charge in [0.2, 0.25) is 0 Å². The normalized spacial score (nSPS) is 34.0. The fraction of sp³-hybridized carbons (Fsp3) is 0.375. The number of fused-ring (bicyclic) bond motifs is 1. The van der Waals surface area contributed by atoms with Crippen LogP contribution in [-0.4, -0.2) is 28.1 Å². The van der Waals surface area contributed by atoms with Crippen LogP contribution in [0.5, 0.6) is 0 Å². The Morgan fingerprint density at radius 2 is 2.45 bits per heavy atom. The van der Waals surface area contributed by atoms with E-state index in [0.717, 1.165) is 5.84 Å². The Balaban J connectivity index is 2.33. The smallest absolute Gasteiger partial charge is 0.173 e. The van der Waals surface area contributed by atoms with Crippen LogP contribution in [-0.2, 0) is 0 Å². The van der Waals surface area contributed by atoms with E-state index in [1.54, 1.807) is 6.92 Å². The zero-order chi connectivity index (χ0) is 7.90. The van der Waals surface area contributed by atoms with Gasteiger partial charge in [-0.25, -0.2) is 4.99 Å². The standard InChI is InChI=1S/C8H10N2O/c1-8(11)6-10-5-3-2-4-7(10)9-8/h2-5,11H,6H2,1H3/t8-/m0/s1. The zero-order valence-electron chi connectivity index (χ0n) is 6.36. The maximum Gasteiger partial charge on any atom is 0.173 e. The van der Waals surface area contributed by atoms with Gasteiger partial charge in [-0.3, -0.25) is 0 Å². The van der Waals surface area contributed by atoms with Crippen molar-refractivity contribution in [2.75, 3.05) is 6.54 Å². The second-order valence-corrected chi connectivity index (χ2v) is 3.02. The molecule has 1 atom stereocenters. The molecule has 0 aliphatic carbocycles. The number of allylic oxidation sites excluding steroid dienone is 2. The molecule has 3 nitrogen and oxygen atoms in total. The molecule has 0 radical (unpaired) electrons. The van der Waals surface area contributed by atoms with Gasteiger partial charge < -0.3 is 10.0 Å². The van der Waals surface area contributed by atoms with Gasteiger partial charge in [-0.05, 0) is 19.1 Å². The SMILES string of the molecule is C[C@]1(O)CN2C=CC=CC2=N1. The highest BCUT2D eigenvalue weighted by Crippen LogP contribution is 2.20. The van der Waals surface area contributed by atoms with Gasteiger partial charge in [-0.15, -0.1) is 0 Å². The topological polar surface area (TPSA) is 35.8 Å². The number of aliphatic hydroxyl groups is 1. The molecule has 2 rings (SSSR count). The van der Waals surface area contributed by atoms with E-state index in [-0.39, 0.29) is 0 Å². The van der Waals surface area contributed by atoms with Crippen LogP contribution in [0, 0.1) is 0 Å². The molecule has 58 valence electrons. The maximum absolute atomic E-state index is 9.53. The molecule has 0 aromatic carbocycles. The molecule has 0 unspecified atom stereocenters. The van der Waals surface area contributed by atoms with E-state index < -0.39 is 5.72 Å². The lowest BCUT2D eigenvalue weighted by molar-refractivity contribution is 0.0709. The first-order valence-corrected chi connectivity index (χ1v) is 3.61. The lowest BCUT2D eigenvalue weighted by Gasteiger charge is -2.17. The molecule has 0 saturated carbocycles. The van der Waals surface area contributed by atoms with Crippen LogP contribution in [0.4, 0.5) is 0 Å². The molecule has 0 spiro atoms. The molecule has 1 N–H and O–H groups in total. The molecule has 2 aliphatic rings. The van der Waals surface area contributed by atoms with Gasteiger partial charge in [-0.2, -0.15) is 0 Å².